The third kappa shape index (κ3) is 14.0. The van der Waals surface area contributed by atoms with E-state index in [1.54, 1.807) is 9.59 Å². The first-order chi connectivity index (χ1) is 21.6. The van der Waals surface area contributed by atoms with Crippen molar-refractivity contribution in [1.82, 2.24) is 59.7 Å². The fraction of sp³-hybridized carbons (Fsp3) is 0.778. The maximum Gasteiger partial charge on any atom is 0.177 e. The van der Waals surface area contributed by atoms with Gasteiger partial charge in [0.05, 0.1) is 46.7 Å². The number of rotatable bonds is 4. The van der Waals surface area contributed by atoms with Crippen LogP contribution in [0.15, 0.2) is 24.9 Å². The molecule has 0 fully saturated rings. The highest BCUT2D eigenvalue weighted by Crippen LogP contribution is 2.23. The summed E-state index contributed by atoms with van der Waals surface area (Å²) in [6, 6.07) is 0.363. The molecule has 4 rings (SSSR count). The molecule has 4 aromatic rings. The Balaban J connectivity index is 0.000000320. The number of hydrogen-bond acceptors (Lipinski definition) is 8. The lowest BCUT2D eigenvalue weighted by atomic mass is 9.93. The summed E-state index contributed by atoms with van der Waals surface area (Å²) in [7, 11) is 0. The summed E-state index contributed by atoms with van der Waals surface area (Å²) in [6.07, 6.45) is 7.91. The van der Waals surface area contributed by atoms with Gasteiger partial charge in [-0.3, -0.25) is 0 Å². The van der Waals surface area contributed by atoms with Crippen LogP contribution in [0.25, 0.3) is 0 Å². The second-order valence-corrected chi connectivity index (χ2v) is 17.6. The van der Waals surface area contributed by atoms with Crippen LogP contribution in [0.4, 0.5) is 0 Å². The van der Waals surface area contributed by atoms with Gasteiger partial charge in [0.1, 0.15) is 0 Å². The third-order valence-corrected chi connectivity index (χ3v) is 7.04. The molecule has 0 atom stereocenters. The van der Waals surface area contributed by atoms with E-state index in [2.05, 4.69) is 190 Å². The van der Waals surface area contributed by atoms with Crippen LogP contribution >= 0.6 is 0 Å². The Morgan fingerprint density at radius 1 is 0.583 bits per heavy atom. The Bertz CT molecular complexity index is 1360. The molecule has 0 amide bonds. The number of tetrazole rings is 1. The van der Waals surface area contributed by atoms with E-state index in [1.165, 1.54) is 0 Å². The summed E-state index contributed by atoms with van der Waals surface area (Å²) in [5, 5.41) is 28.9. The molecule has 0 unspecified atom stereocenters. The van der Waals surface area contributed by atoms with Gasteiger partial charge in [-0.2, -0.15) is 19.8 Å². The highest BCUT2D eigenvalue weighted by atomic mass is 15.6. The van der Waals surface area contributed by atoms with Crippen LogP contribution in [0, 0.1) is 0 Å². The summed E-state index contributed by atoms with van der Waals surface area (Å²) in [6.45, 7) is 42.4. The number of imidazole rings is 1. The molecular weight excluding hydrogens is 600 g/mol. The van der Waals surface area contributed by atoms with Crippen LogP contribution < -0.4 is 0 Å². The lowest BCUT2D eigenvalue weighted by Crippen LogP contribution is -2.24. The minimum atomic E-state index is -0.0693. The zero-order valence-corrected chi connectivity index (χ0v) is 34.0. The number of hydrogen-bond donors (Lipinski definition) is 0. The highest BCUT2D eigenvalue weighted by molar-refractivity contribution is 5.10. The highest BCUT2D eigenvalue weighted by Gasteiger charge is 2.20. The fourth-order valence-corrected chi connectivity index (χ4v) is 3.49. The summed E-state index contributed by atoms with van der Waals surface area (Å²) >= 11 is 0. The first-order valence-electron chi connectivity index (χ1n) is 17.3. The largest absolute Gasteiger partial charge is 0.332 e. The zero-order valence-electron chi connectivity index (χ0n) is 34.0. The summed E-state index contributed by atoms with van der Waals surface area (Å²) < 4.78 is 4.07. The molecule has 0 aliphatic rings. The normalized spacial score (nSPS) is 12.5. The molecule has 0 spiro atoms. The van der Waals surface area contributed by atoms with E-state index in [0.29, 0.717) is 23.8 Å². The molecule has 12 heteroatoms. The maximum absolute atomic E-state index is 4.42. The lowest BCUT2D eigenvalue weighted by molar-refractivity contribution is 0.305. The van der Waals surface area contributed by atoms with Crippen molar-refractivity contribution in [2.45, 2.75) is 184 Å². The number of aromatic nitrogens is 12. The van der Waals surface area contributed by atoms with Crippen molar-refractivity contribution in [3.63, 3.8) is 0 Å². The third-order valence-electron chi connectivity index (χ3n) is 7.04. The molecule has 0 aliphatic carbocycles. The Morgan fingerprint density at radius 3 is 1.40 bits per heavy atom. The Hall–Kier alpha value is -3.44. The molecule has 4 aromatic heterocycles. The van der Waals surface area contributed by atoms with Gasteiger partial charge in [0, 0.05) is 29.3 Å². The molecule has 0 saturated heterocycles. The van der Waals surface area contributed by atoms with E-state index < -0.39 is 0 Å². The van der Waals surface area contributed by atoms with E-state index in [4.69, 9.17) is 0 Å². The smallest absolute Gasteiger partial charge is 0.177 e. The van der Waals surface area contributed by atoms with Crippen molar-refractivity contribution in [2.75, 3.05) is 0 Å². The maximum atomic E-state index is 4.42. The van der Waals surface area contributed by atoms with E-state index in [9.17, 15) is 0 Å². The minimum absolute atomic E-state index is 0.0418. The van der Waals surface area contributed by atoms with Gasteiger partial charge in [0.2, 0.25) is 0 Å². The first-order valence-corrected chi connectivity index (χ1v) is 17.3. The van der Waals surface area contributed by atoms with Gasteiger partial charge in [0.25, 0.3) is 0 Å². The van der Waals surface area contributed by atoms with Gasteiger partial charge in [-0.25, -0.2) is 9.67 Å². The van der Waals surface area contributed by atoms with Crippen molar-refractivity contribution in [3.05, 3.63) is 47.8 Å². The quantitative estimate of drug-likeness (QED) is 0.212. The summed E-state index contributed by atoms with van der Waals surface area (Å²) in [5.74, 6) is 2.09. The van der Waals surface area contributed by atoms with E-state index in [1.807, 2.05) is 23.4 Å². The van der Waals surface area contributed by atoms with E-state index >= 15 is 0 Å². The zero-order chi connectivity index (χ0) is 37.4. The molecular formula is C36H68N12. The van der Waals surface area contributed by atoms with Crippen molar-refractivity contribution in [2.24, 2.45) is 0 Å². The summed E-state index contributed by atoms with van der Waals surface area (Å²) in [4.78, 5) is 7.82. The predicted octanol–water partition coefficient (Wildman–Crippen LogP) is 8.63. The van der Waals surface area contributed by atoms with Crippen molar-refractivity contribution in [1.29, 1.82) is 0 Å². The molecule has 272 valence electrons. The topological polar surface area (TPSA) is 123 Å². The van der Waals surface area contributed by atoms with Crippen molar-refractivity contribution >= 4 is 0 Å². The number of nitrogens with zero attached hydrogens (tertiary/aromatic N) is 12. The lowest BCUT2D eigenvalue weighted by Gasteiger charge is -2.20. The molecule has 0 N–H and O–H groups in total. The van der Waals surface area contributed by atoms with E-state index in [0.717, 1.165) is 22.9 Å². The Kier molecular flexibility index (Phi) is 14.9. The second-order valence-electron chi connectivity index (χ2n) is 17.6. The van der Waals surface area contributed by atoms with Crippen LogP contribution in [-0.2, 0) is 22.0 Å². The average Bonchev–Trinajstić information content (AvgIpc) is 3.74. The van der Waals surface area contributed by atoms with Crippen LogP contribution in [0.5, 0.6) is 0 Å². The average molecular weight is 669 g/mol. The van der Waals surface area contributed by atoms with Crippen LogP contribution in [0.2, 0.25) is 0 Å². The van der Waals surface area contributed by atoms with Gasteiger partial charge >= 0.3 is 0 Å². The predicted molar refractivity (Wildman–Crippen MR) is 196 cm³/mol. The Morgan fingerprint density at radius 2 is 1.15 bits per heavy atom. The molecule has 0 aromatic carbocycles. The SMILES string of the molecule is CC(C)(C)c1cn(C(C)(C)C)cn1.CC(C)c1cn(C(C)(C)C)nn1.CC(C)c1cnn(C(C)C)n1.CC(C)c1nnn(C(C)(C)C)n1. The fourth-order valence-electron chi connectivity index (χ4n) is 3.49. The minimum Gasteiger partial charge on any atom is -0.332 e. The molecule has 0 saturated carbocycles. The van der Waals surface area contributed by atoms with Crippen molar-refractivity contribution in [3.8, 4) is 0 Å². The monoisotopic (exact) mass is 669 g/mol. The molecule has 0 radical (unpaired) electrons. The molecule has 48 heavy (non-hydrogen) atoms. The van der Waals surface area contributed by atoms with Gasteiger partial charge < -0.3 is 4.57 Å². The van der Waals surface area contributed by atoms with Gasteiger partial charge in [-0.15, -0.1) is 15.3 Å². The molecule has 12 nitrogen and oxygen atoms in total. The molecule has 0 bridgehead atoms. The van der Waals surface area contributed by atoms with Gasteiger partial charge in [0.15, 0.2) is 5.82 Å². The standard InChI is InChI=1S/C11H20N2.C9H17N3.C8H16N4.C8H15N3/c1-10(2,3)9-7-13(8-12-9)11(4,5)6;1-7(2)8-6-12(11-10-8)9(3,4)5;1-6(2)7-9-11-12(10-7)8(3,4)5;1-6(2)8-5-9-11(10-8)7(3)4/h7-8H,1-6H3;6-7H,1-5H3;6H,1-5H3;5-7H,1-4H3. The van der Waals surface area contributed by atoms with Crippen LogP contribution in [-0.4, -0.2) is 59.7 Å². The van der Waals surface area contributed by atoms with Gasteiger partial charge in [-0.05, 0) is 93.2 Å². The molecule has 0 aliphatic heterocycles. The van der Waals surface area contributed by atoms with E-state index in [-0.39, 0.29) is 22.0 Å². The van der Waals surface area contributed by atoms with Crippen LogP contribution in [0.1, 0.15) is 185 Å². The Labute approximate surface area is 291 Å². The second kappa shape index (κ2) is 16.8. The first kappa shape index (κ1) is 42.6. The summed E-state index contributed by atoms with van der Waals surface area (Å²) in [5.41, 5.74) is 3.54. The van der Waals surface area contributed by atoms with Crippen LogP contribution in [0.3, 0.4) is 0 Å². The molecule has 4 heterocycles. The van der Waals surface area contributed by atoms with Crippen molar-refractivity contribution < 1.29 is 0 Å². The van der Waals surface area contributed by atoms with Gasteiger partial charge in [-0.1, -0.05) is 67.5 Å².